The fourth-order valence-corrected chi connectivity index (χ4v) is 4.85. The number of nitrogens with one attached hydrogen (secondary N) is 1. The smallest absolute Gasteiger partial charge is 0.264 e. The topological polar surface area (TPSA) is 66.5 Å². The second-order valence-electron chi connectivity index (χ2n) is 6.86. The Morgan fingerprint density at radius 3 is 2.37 bits per heavy atom. The van der Waals surface area contributed by atoms with Crippen LogP contribution in [0.2, 0.25) is 0 Å². The highest BCUT2D eigenvalue weighted by Gasteiger charge is 2.27. The number of benzene rings is 3. The average Bonchev–Trinajstić information content (AvgIpc) is 2.72. The Bertz CT molecular complexity index is 1150. The minimum atomic E-state index is -3.94. The fourth-order valence-electron chi connectivity index (χ4n) is 3.05. The van der Waals surface area contributed by atoms with Gasteiger partial charge in [-0.25, -0.2) is 8.42 Å². The van der Waals surface area contributed by atoms with Gasteiger partial charge in [0, 0.05) is 10.2 Å². The van der Waals surface area contributed by atoms with E-state index in [9.17, 15) is 13.2 Å². The van der Waals surface area contributed by atoms with Crippen LogP contribution < -0.4 is 9.62 Å². The summed E-state index contributed by atoms with van der Waals surface area (Å²) < 4.78 is 28.6. The molecule has 0 saturated carbocycles. The summed E-state index contributed by atoms with van der Waals surface area (Å²) in [6, 6.07) is 21.0. The number of anilines is 2. The van der Waals surface area contributed by atoms with Gasteiger partial charge in [0.05, 0.1) is 10.6 Å². The number of aryl methyl sites for hydroxylation is 2. The number of sulfonamides is 1. The lowest BCUT2D eigenvalue weighted by molar-refractivity contribution is -0.114. The lowest BCUT2D eigenvalue weighted by atomic mass is 10.1. The summed E-state index contributed by atoms with van der Waals surface area (Å²) in [7, 11) is -3.94. The van der Waals surface area contributed by atoms with Crippen LogP contribution in [0.15, 0.2) is 82.2 Å². The third-order valence-corrected chi connectivity index (χ3v) is 6.95. The van der Waals surface area contributed by atoms with Crippen molar-refractivity contribution in [3.63, 3.8) is 0 Å². The van der Waals surface area contributed by atoms with E-state index in [4.69, 9.17) is 0 Å². The molecular formula is C23H23BrN2O3S. The first-order chi connectivity index (χ1) is 14.3. The predicted molar refractivity (Wildman–Crippen MR) is 124 cm³/mol. The number of para-hydroxylation sites is 1. The SMILES string of the molecule is CCc1ccccc1NC(=O)CN(c1cccc(Br)c1)S(=O)(=O)c1ccc(C)cc1. The van der Waals surface area contributed by atoms with Crippen molar-refractivity contribution in [1.82, 2.24) is 0 Å². The molecule has 0 aliphatic rings. The van der Waals surface area contributed by atoms with Crippen LogP contribution in [0.1, 0.15) is 18.1 Å². The summed E-state index contributed by atoms with van der Waals surface area (Å²) in [5, 5.41) is 2.85. The lowest BCUT2D eigenvalue weighted by Gasteiger charge is -2.24. The Balaban J connectivity index is 1.96. The van der Waals surface area contributed by atoms with Gasteiger partial charge in [-0.3, -0.25) is 9.10 Å². The number of hydrogen-bond donors (Lipinski definition) is 1. The van der Waals surface area contributed by atoms with Crippen molar-refractivity contribution in [1.29, 1.82) is 0 Å². The van der Waals surface area contributed by atoms with E-state index >= 15 is 0 Å². The van der Waals surface area contributed by atoms with Crippen LogP contribution >= 0.6 is 15.9 Å². The van der Waals surface area contributed by atoms with Gasteiger partial charge in [-0.15, -0.1) is 0 Å². The molecule has 0 radical (unpaired) electrons. The molecular weight excluding hydrogens is 464 g/mol. The monoisotopic (exact) mass is 486 g/mol. The summed E-state index contributed by atoms with van der Waals surface area (Å²) in [5.41, 5.74) is 3.04. The van der Waals surface area contributed by atoms with Crippen molar-refractivity contribution < 1.29 is 13.2 Å². The Morgan fingerprint density at radius 2 is 1.70 bits per heavy atom. The van der Waals surface area contributed by atoms with Gasteiger partial charge in [-0.2, -0.15) is 0 Å². The van der Waals surface area contributed by atoms with Crippen molar-refractivity contribution in [2.75, 3.05) is 16.2 Å². The van der Waals surface area contributed by atoms with Crippen molar-refractivity contribution in [2.45, 2.75) is 25.2 Å². The Labute approximate surface area is 185 Å². The number of nitrogens with zero attached hydrogens (tertiary/aromatic N) is 1. The molecule has 7 heteroatoms. The van der Waals surface area contributed by atoms with Crippen molar-refractivity contribution in [2.24, 2.45) is 0 Å². The normalized spacial score (nSPS) is 11.2. The average molecular weight is 487 g/mol. The van der Waals surface area contributed by atoms with Gasteiger partial charge in [0.2, 0.25) is 5.91 Å². The Kier molecular flexibility index (Phi) is 6.95. The van der Waals surface area contributed by atoms with Crippen LogP contribution in [0, 0.1) is 6.92 Å². The maximum Gasteiger partial charge on any atom is 0.264 e. The molecule has 0 unspecified atom stereocenters. The zero-order chi connectivity index (χ0) is 21.7. The van der Waals surface area contributed by atoms with Gasteiger partial charge >= 0.3 is 0 Å². The molecule has 30 heavy (non-hydrogen) atoms. The molecule has 156 valence electrons. The molecule has 0 heterocycles. The molecule has 0 fully saturated rings. The van der Waals surface area contributed by atoms with Gasteiger partial charge in [-0.05, 0) is 55.3 Å². The molecule has 0 atom stereocenters. The highest BCUT2D eigenvalue weighted by Crippen LogP contribution is 2.27. The van der Waals surface area contributed by atoms with Crippen molar-refractivity contribution in [3.8, 4) is 0 Å². The predicted octanol–water partition coefficient (Wildman–Crippen LogP) is 5.15. The van der Waals surface area contributed by atoms with E-state index < -0.39 is 15.9 Å². The quantitative estimate of drug-likeness (QED) is 0.501. The summed E-state index contributed by atoms with van der Waals surface area (Å²) in [6.45, 7) is 3.55. The van der Waals surface area contributed by atoms with E-state index in [0.717, 1.165) is 26.3 Å². The van der Waals surface area contributed by atoms with E-state index in [2.05, 4.69) is 21.2 Å². The largest absolute Gasteiger partial charge is 0.324 e. The van der Waals surface area contributed by atoms with Crippen molar-refractivity contribution >= 4 is 43.2 Å². The second-order valence-corrected chi connectivity index (χ2v) is 9.64. The molecule has 0 aliphatic heterocycles. The molecule has 3 rings (SSSR count). The van der Waals surface area contributed by atoms with E-state index in [-0.39, 0.29) is 11.4 Å². The van der Waals surface area contributed by atoms with Crippen LogP contribution in [0.5, 0.6) is 0 Å². The van der Waals surface area contributed by atoms with Crippen LogP contribution in [-0.2, 0) is 21.2 Å². The van der Waals surface area contributed by atoms with Crippen LogP contribution in [-0.4, -0.2) is 20.9 Å². The van der Waals surface area contributed by atoms with Gasteiger partial charge in [-0.1, -0.05) is 64.8 Å². The summed E-state index contributed by atoms with van der Waals surface area (Å²) in [6.07, 6.45) is 0.757. The number of amides is 1. The zero-order valence-electron chi connectivity index (χ0n) is 16.8. The third-order valence-electron chi connectivity index (χ3n) is 4.66. The summed E-state index contributed by atoms with van der Waals surface area (Å²) >= 11 is 3.38. The molecule has 3 aromatic carbocycles. The first-order valence-electron chi connectivity index (χ1n) is 9.54. The van der Waals surface area contributed by atoms with Crippen LogP contribution in [0.3, 0.4) is 0 Å². The number of carbonyl (C=O) groups is 1. The molecule has 1 N–H and O–H groups in total. The Hall–Kier alpha value is -2.64. The van der Waals surface area contributed by atoms with E-state index in [1.165, 1.54) is 0 Å². The van der Waals surface area contributed by atoms with Crippen molar-refractivity contribution in [3.05, 3.63) is 88.4 Å². The lowest BCUT2D eigenvalue weighted by Crippen LogP contribution is -2.38. The van der Waals surface area contributed by atoms with Gasteiger partial charge in [0.15, 0.2) is 0 Å². The van der Waals surface area contributed by atoms with Gasteiger partial charge in [0.25, 0.3) is 10.0 Å². The number of rotatable bonds is 7. The molecule has 0 aliphatic carbocycles. The fraction of sp³-hybridized carbons (Fsp3) is 0.174. The zero-order valence-corrected chi connectivity index (χ0v) is 19.2. The van der Waals surface area contributed by atoms with Crippen LogP contribution in [0.25, 0.3) is 0 Å². The number of hydrogen-bond acceptors (Lipinski definition) is 3. The maximum atomic E-state index is 13.4. The van der Waals surface area contributed by atoms with E-state index in [1.54, 1.807) is 48.5 Å². The van der Waals surface area contributed by atoms with Crippen LogP contribution in [0.4, 0.5) is 11.4 Å². The second kappa shape index (κ2) is 9.45. The maximum absolute atomic E-state index is 13.4. The number of halogens is 1. The highest BCUT2D eigenvalue weighted by molar-refractivity contribution is 9.10. The molecule has 1 amide bonds. The van der Waals surface area contributed by atoms with E-state index in [1.807, 2.05) is 38.1 Å². The van der Waals surface area contributed by atoms with Gasteiger partial charge in [0.1, 0.15) is 6.54 Å². The summed E-state index contributed by atoms with van der Waals surface area (Å²) in [4.78, 5) is 13.0. The first kappa shape index (κ1) is 22.1. The molecule has 0 aromatic heterocycles. The minimum Gasteiger partial charge on any atom is -0.324 e. The van der Waals surface area contributed by atoms with Gasteiger partial charge < -0.3 is 5.32 Å². The first-order valence-corrected chi connectivity index (χ1v) is 11.8. The molecule has 0 saturated heterocycles. The number of carbonyl (C=O) groups excluding carboxylic acids is 1. The summed E-state index contributed by atoms with van der Waals surface area (Å²) in [5.74, 6) is -0.411. The molecule has 5 nitrogen and oxygen atoms in total. The minimum absolute atomic E-state index is 0.134. The molecule has 0 spiro atoms. The van der Waals surface area contributed by atoms with E-state index in [0.29, 0.717) is 11.4 Å². The third kappa shape index (κ3) is 5.09. The standard InChI is InChI=1S/C23H23BrN2O3S/c1-3-18-7-4-5-10-22(18)25-23(27)16-26(20-9-6-8-19(24)15-20)30(28,29)21-13-11-17(2)12-14-21/h4-15H,3,16H2,1-2H3,(H,25,27). The highest BCUT2D eigenvalue weighted by atomic mass is 79.9. The molecule has 0 bridgehead atoms. The Morgan fingerprint density at radius 1 is 1.00 bits per heavy atom. The molecule has 3 aromatic rings.